The van der Waals surface area contributed by atoms with Crippen molar-refractivity contribution < 1.29 is 18.3 Å². The highest BCUT2D eigenvalue weighted by Gasteiger charge is 2.24. The molecule has 0 N–H and O–H groups in total. The summed E-state index contributed by atoms with van der Waals surface area (Å²) >= 11 is 6.04. The van der Waals surface area contributed by atoms with Crippen LogP contribution in [0.15, 0.2) is 65.3 Å². The summed E-state index contributed by atoms with van der Waals surface area (Å²) in [5, 5.41) is 0.636. The summed E-state index contributed by atoms with van der Waals surface area (Å²) in [5.41, 5.74) is 1.56. The molecular weight excluding hydrogens is 381 g/mol. The molecule has 28 heavy (non-hydrogen) atoms. The van der Waals surface area contributed by atoms with E-state index in [0.29, 0.717) is 22.1 Å². The average Bonchev–Trinajstić information content (AvgIpc) is 3.17. The SMILES string of the molecule is Cc1cc(OC(C)C(=O)N(Cc2cccc(F)c2)Cc2ccco2)ccc1Cl. The minimum absolute atomic E-state index is 0.228. The lowest BCUT2D eigenvalue weighted by atomic mass is 10.2. The Morgan fingerprint density at radius 2 is 2.00 bits per heavy atom. The second-order valence-corrected chi connectivity index (χ2v) is 6.98. The minimum Gasteiger partial charge on any atom is -0.481 e. The van der Waals surface area contributed by atoms with Crippen LogP contribution in [0.1, 0.15) is 23.8 Å². The van der Waals surface area contributed by atoms with Gasteiger partial charge in [-0.25, -0.2) is 4.39 Å². The lowest BCUT2D eigenvalue weighted by Gasteiger charge is -2.25. The molecule has 1 unspecified atom stereocenters. The van der Waals surface area contributed by atoms with Gasteiger partial charge in [0.25, 0.3) is 5.91 Å². The zero-order chi connectivity index (χ0) is 20.1. The number of benzene rings is 2. The maximum absolute atomic E-state index is 13.6. The summed E-state index contributed by atoms with van der Waals surface area (Å²) in [7, 11) is 0. The molecule has 146 valence electrons. The molecule has 6 heteroatoms. The van der Waals surface area contributed by atoms with Gasteiger partial charge in [-0.3, -0.25) is 4.79 Å². The van der Waals surface area contributed by atoms with Gasteiger partial charge in [-0.1, -0.05) is 23.7 Å². The van der Waals surface area contributed by atoms with E-state index in [1.807, 2.05) is 6.92 Å². The van der Waals surface area contributed by atoms with Crippen molar-refractivity contribution in [1.29, 1.82) is 0 Å². The molecule has 1 amide bonds. The van der Waals surface area contributed by atoms with Crippen molar-refractivity contribution in [2.24, 2.45) is 0 Å². The molecular formula is C22H21ClFNO3. The summed E-state index contributed by atoms with van der Waals surface area (Å²) in [6.45, 7) is 4.06. The molecule has 0 aliphatic rings. The van der Waals surface area contributed by atoms with E-state index >= 15 is 0 Å². The van der Waals surface area contributed by atoms with Crippen LogP contribution < -0.4 is 4.74 Å². The second-order valence-electron chi connectivity index (χ2n) is 6.57. The van der Waals surface area contributed by atoms with Crippen molar-refractivity contribution in [2.75, 3.05) is 0 Å². The van der Waals surface area contributed by atoms with Crippen LogP contribution >= 0.6 is 11.6 Å². The Labute approximate surface area is 168 Å². The highest BCUT2D eigenvalue weighted by atomic mass is 35.5. The maximum Gasteiger partial charge on any atom is 0.264 e. The fourth-order valence-electron chi connectivity index (χ4n) is 2.86. The molecule has 0 radical (unpaired) electrons. The van der Waals surface area contributed by atoms with Crippen LogP contribution in [-0.2, 0) is 17.9 Å². The Kier molecular flexibility index (Phi) is 6.37. The maximum atomic E-state index is 13.6. The number of nitrogens with zero attached hydrogens (tertiary/aromatic N) is 1. The number of carbonyl (C=O) groups is 1. The predicted molar refractivity (Wildman–Crippen MR) is 106 cm³/mol. The van der Waals surface area contributed by atoms with Crippen molar-refractivity contribution in [3.8, 4) is 5.75 Å². The summed E-state index contributed by atoms with van der Waals surface area (Å²) in [5.74, 6) is 0.628. The Morgan fingerprint density at radius 3 is 2.68 bits per heavy atom. The molecule has 0 bridgehead atoms. The molecule has 1 atom stereocenters. The van der Waals surface area contributed by atoms with E-state index < -0.39 is 6.10 Å². The average molecular weight is 402 g/mol. The van der Waals surface area contributed by atoms with Crippen molar-refractivity contribution in [3.05, 3.63) is 88.6 Å². The van der Waals surface area contributed by atoms with Gasteiger partial charge in [-0.15, -0.1) is 0 Å². The molecule has 3 rings (SSSR count). The normalized spacial score (nSPS) is 11.9. The molecule has 2 aromatic carbocycles. The fraction of sp³-hybridized carbons (Fsp3) is 0.227. The van der Waals surface area contributed by atoms with Crippen molar-refractivity contribution >= 4 is 17.5 Å². The number of rotatable bonds is 7. The van der Waals surface area contributed by atoms with Crippen LogP contribution in [0.5, 0.6) is 5.75 Å². The Hall–Kier alpha value is -2.79. The van der Waals surface area contributed by atoms with Crippen LogP contribution in [0.2, 0.25) is 5.02 Å². The Balaban J connectivity index is 1.77. The van der Waals surface area contributed by atoms with E-state index in [-0.39, 0.29) is 24.8 Å². The van der Waals surface area contributed by atoms with Gasteiger partial charge in [0, 0.05) is 11.6 Å². The van der Waals surface area contributed by atoms with E-state index in [0.717, 1.165) is 5.56 Å². The first-order valence-electron chi connectivity index (χ1n) is 8.91. The fourth-order valence-corrected chi connectivity index (χ4v) is 2.98. The van der Waals surface area contributed by atoms with Crippen LogP contribution in [0.3, 0.4) is 0 Å². The Morgan fingerprint density at radius 1 is 1.18 bits per heavy atom. The highest BCUT2D eigenvalue weighted by Crippen LogP contribution is 2.23. The number of halogens is 2. The van der Waals surface area contributed by atoms with Gasteiger partial charge < -0.3 is 14.1 Å². The van der Waals surface area contributed by atoms with Crippen LogP contribution in [0.4, 0.5) is 4.39 Å². The van der Waals surface area contributed by atoms with Gasteiger partial charge in [0.05, 0.1) is 12.8 Å². The lowest BCUT2D eigenvalue weighted by molar-refractivity contribution is -0.139. The van der Waals surface area contributed by atoms with E-state index in [4.69, 9.17) is 20.8 Å². The van der Waals surface area contributed by atoms with Crippen LogP contribution in [0.25, 0.3) is 0 Å². The summed E-state index contributed by atoms with van der Waals surface area (Å²) in [6, 6.07) is 15.0. The predicted octanol–water partition coefficient (Wildman–Crippen LogP) is 5.38. The molecule has 0 fully saturated rings. The molecule has 0 aliphatic carbocycles. The van der Waals surface area contributed by atoms with E-state index in [1.54, 1.807) is 60.6 Å². The molecule has 4 nitrogen and oxygen atoms in total. The zero-order valence-corrected chi connectivity index (χ0v) is 16.4. The van der Waals surface area contributed by atoms with Gasteiger partial charge in [-0.05, 0) is 67.4 Å². The van der Waals surface area contributed by atoms with E-state index in [1.165, 1.54) is 12.1 Å². The van der Waals surface area contributed by atoms with Gasteiger partial charge in [0.1, 0.15) is 17.3 Å². The lowest BCUT2D eigenvalue weighted by Crippen LogP contribution is -2.39. The Bertz CT molecular complexity index is 943. The number of amides is 1. The third-order valence-electron chi connectivity index (χ3n) is 4.29. The van der Waals surface area contributed by atoms with Crippen LogP contribution in [0, 0.1) is 12.7 Å². The monoisotopic (exact) mass is 401 g/mol. The van der Waals surface area contributed by atoms with Crippen molar-refractivity contribution in [3.63, 3.8) is 0 Å². The first-order chi connectivity index (χ1) is 13.4. The number of hydrogen-bond donors (Lipinski definition) is 0. The van der Waals surface area contributed by atoms with Gasteiger partial charge in [0.15, 0.2) is 6.10 Å². The second kappa shape index (κ2) is 8.93. The largest absolute Gasteiger partial charge is 0.481 e. The van der Waals surface area contributed by atoms with Crippen molar-refractivity contribution in [2.45, 2.75) is 33.0 Å². The number of hydrogen-bond acceptors (Lipinski definition) is 3. The summed E-state index contributed by atoms with van der Waals surface area (Å²) in [4.78, 5) is 14.6. The molecule has 0 saturated carbocycles. The molecule has 1 heterocycles. The summed E-state index contributed by atoms with van der Waals surface area (Å²) in [6.07, 6.45) is 0.820. The summed E-state index contributed by atoms with van der Waals surface area (Å²) < 4.78 is 24.8. The van der Waals surface area contributed by atoms with E-state index in [2.05, 4.69) is 0 Å². The van der Waals surface area contributed by atoms with Gasteiger partial charge in [0.2, 0.25) is 0 Å². The molecule has 1 aromatic heterocycles. The van der Waals surface area contributed by atoms with Crippen molar-refractivity contribution in [1.82, 2.24) is 4.90 Å². The minimum atomic E-state index is -0.732. The van der Waals surface area contributed by atoms with E-state index in [9.17, 15) is 9.18 Å². The standard InChI is InChI=1S/C22H21ClFNO3/c1-15-11-19(8-9-21(15)23)28-16(2)22(26)25(14-20-7-4-10-27-20)13-17-5-3-6-18(24)12-17/h3-12,16H,13-14H2,1-2H3. The number of ether oxygens (including phenoxy) is 1. The number of aryl methyl sites for hydroxylation is 1. The first kappa shape index (κ1) is 20.0. The van der Waals surface area contributed by atoms with Gasteiger partial charge in [-0.2, -0.15) is 0 Å². The topological polar surface area (TPSA) is 42.7 Å². The van der Waals surface area contributed by atoms with Gasteiger partial charge >= 0.3 is 0 Å². The molecule has 0 aliphatic heterocycles. The number of furan rings is 1. The molecule has 0 saturated heterocycles. The van der Waals surface area contributed by atoms with Crippen LogP contribution in [-0.4, -0.2) is 16.9 Å². The number of carbonyl (C=O) groups excluding carboxylic acids is 1. The third kappa shape index (κ3) is 5.14. The zero-order valence-electron chi connectivity index (χ0n) is 15.7. The smallest absolute Gasteiger partial charge is 0.264 e. The molecule has 3 aromatic rings. The highest BCUT2D eigenvalue weighted by molar-refractivity contribution is 6.31. The quantitative estimate of drug-likeness (QED) is 0.534. The third-order valence-corrected chi connectivity index (χ3v) is 4.72. The first-order valence-corrected chi connectivity index (χ1v) is 9.28. The molecule has 0 spiro atoms.